The number of ether oxygens (including phenoxy) is 4. The predicted octanol–water partition coefficient (Wildman–Crippen LogP) is 10.4. The van der Waals surface area contributed by atoms with E-state index in [0.717, 1.165) is 95.3 Å². The first kappa shape index (κ1) is 53.9. The van der Waals surface area contributed by atoms with Gasteiger partial charge in [0.1, 0.15) is 49.7 Å². The van der Waals surface area contributed by atoms with Crippen LogP contribution >= 0.6 is 0 Å². The molecule has 0 aliphatic heterocycles. The molecule has 4 aromatic carbocycles. The minimum absolute atomic E-state index is 0.138. The van der Waals surface area contributed by atoms with Crippen LogP contribution in [0.15, 0.2) is 145 Å². The van der Waals surface area contributed by atoms with Crippen molar-refractivity contribution in [3.8, 4) is 12.1 Å². The highest BCUT2D eigenvalue weighted by Crippen LogP contribution is 2.22. The monoisotopic (exact) mass is 932 g/mol. The summed E-state index contributed by atoms with van der Waals surface area (Å²) in [5.74, 6) is -2.75. The van der Waals surface area contributed by atoms with Crippen LogP contribution in [0.1, 0.15) is 81.0 Å². The topological polar surface area (TPSA) is 159 Å². The van der Waals surface area contributed by atoms with Crippen LogP contribution in [0.5, 0.6) is 0 Å². The molecule has 12 heteroatoms. The Bertz CT molecular complexity index is 2260. The molecule has 0 radical (unpaired) electrons. The van der Waals surface area contributed by atoms with Crippen LogP contribution in [-0.4, -0.2) is 76.5 Å². The first-order valence-electron chi connectivity index (χ1n) is 23.5. The molecule has 69 heavy (non-hydrogen) atoms. The maximum absolute atomic E-state index is 12.6. The minimum Gasteiger partial charge on any atom is -0.459 e. The normalized spacial score (nSPS) is 11.1. The van der Waals surface area contributed by atoms with E-state index in [0.29, 0.717) is 11.1 Å². The van der Waals surface area contributed by atoms with E-state index in [9.17, 15) is 29.7 Å². The zero-order valence-corrected chi connectivity index (χ0v) is 40.0. The van der Waals surface area contributed by atoms with Crippen LogP contribution in [0.25, 0.3) is 12.2 Å². The number of nitriles is 2. The molecule has 0 bridgehead atoms. The standard InChI is InChI=1S/C57H64N4O8/c1-44(2)54(62)66-36-38-68-56(64)50(42-58)40-48-24-28-52(29-25-48)60(34-16-12-22-46-18-8-5-9-19-46)32-14-7-15-33-61(35-17-13-23-47-20-10-6-11-21-47)53-30-26-49(27-31-53)41-51(43-59)57(65)69-39-37-67-55(63)45(3)4/h5-6,8-11,18-21,24-31,40-41H,1,3,7,12-17,22-23,32-39H2,2,4H3/b50-40+,51-41+. The van der Waals surface area contributed by atoms with E-state index < -0.39 is 23.9 Å². The fourth-order valence-corrected chi connectivity index (χ4v) is 7.18. The number of carbonyl (C=O) groups excluding carboxylic acids is 4. The zero-order chi connectivity index (χ0) is 49.6. The SMILES string of the molecule is C=C(C)C(=O)OCCOC(=O)/C(C#N)=C/c1ccc(N(CCCCCN(CCCCc2ccccc2)c2ccc(/C=C(\C#N)C(=O)OCCOC(=O)C(=C)C)cc2)CCCCc2ccccc2)cc1. The predicted molar refractivity (Wildman–Crippen MR) is 271 cm³/mol. The molecule has 0 heterocycles. The fraction of sp³-hybridized carbons (Fsp3) is 0.333. The van der Waals surface area contributed by atoms with Gasteiger partial charge in [-0.15, -0.1) is 0 Å². The van der Waals surface area contributed by atoms with Gasteiger partial charge in [0, 0.05) is 48.7 Å². The zero-order valence-electron chi connectivity index (χ0n) is 40.0. The highest BCUT2D eigenvalue weighted by molar-refractivity contribution is 5.98. The number of carbonyl (C=O) groups is 4. The van der Waals surface area contributed by atoms with Crippen LogP contribution < -0.4 is 9.80 Å². The van der Waals surface area contributed by atoms with Gasteiger partial charge < -0.3 is 28.7 Å². The molecule has 360 valence electrons. The van der Waals surface area contributed by atoms with Crippen molar-refractivity contribution in [1.29, 1.82) is 10.5 Å². The van der Waals surface area contributed by atoms with Crippen molar-refractivity contribution in [1.82, 2.24) is 0 Å². The molecule has 0 atom stereocenters. The van der Waals surface area contributed by atoms with Gasteiger partial charge in [0.25, 0.3) is 0 Å². The number of anilines is 2. The Balaban J connectivity index is 1.39. The molecule has 0 aliphatic carbocycles. The molecule has 0 saturated heterocycles. The summed E-state index contributed by atoms with van der Waals surface area (Å²) in [6.45, 7) is 12.9. The van der Waals surface area contributed by atoms with Crippen LogP contribution in [0.2, 0.25) is 0 Å². The van der Waals surface area contributed by atoms with Crippen LogP contribution in [0.4, 0.5) is 11.4 Å². The Hall–Kier alpha value is -7.70. The summed E-state index contributed by atoms with van der Waals surface area (Å²) in [7, 11) is 0. The van der Waals surface area contributed by atoms with Gasteiger partial charge in [-0.05, 0) is 130 Å². The van der Waals surface area contributed by atoms with Crippen molar-refractivity contribution >= 4 is 47.4 Å². The van der Waals surface area contributed by atoms with E-state index >= 15 is 0 Å². The lowest BCUT2D eigenvalue weighted by molar-refractivity contribution is -0.147. The first-order chi connectivity index (χ1) is 33.5. The molecule has 0 N–H and O–H groups in total. The molecular weight excluding hydrogens is 869 g/mol. The van der Waals surface area contributed by atoms with Gasteiger partial charge in [-0.1, -0.05) is 98.1 Å². The Morgan fingerprint density at radius 1 is 0.464 bits per heavy atom. The fourth-order valence-electron chi connectivity index (χ4n) is 7.18. The second-order valence-electron chi connectivity index (χ2n) is 16.5. The average molecular weight is 933 g/mol. The molecule has 4 aromatic rings. The molecule has 0 unspecified atom stereocenters. The summed E-state index contributed by atoms with van der Waals surface area (Å²) in [6.07, 6.45) is 12.0. The van der Waals surface area contributed by atoms with Crippen molar-refractivity contribution < 1.29 is 38.1 Å². The maximum Gasteiger partial charge on any atom is 0.349 e. The van der Waals surface area contributed by atoms with E-state index in [1.54, 1.807) is 0 Å². The molecule has 0 aliphatic rings. The number of nitrogens with zero attached hydrogens (tertiary/aromatic N) is 4. The lowest BCUT2D eigenvalue weighted by atomic mass is 10.1. The van der Waals surface area contributed by atoms with Crippen molar-refractivity contribution in [3.05, 3.63) is 167 Å². The van der Waals surface area contributed by atoms with Gasteiger partial charge in [0.2, 0.25) is 0 Å². The summed E-state index contributed by atoms with van der Waals surface area (Å²) >= 11 is 0. The number of aryl methyl sites for hydroxylation is 2. The number of unbranched alkanes of at least 4 members (excludes halogenated alkanes) is 4. The van der Waals surface area contributed by atoms with Crippen LogP contribution in [-0.2, 0) is 51.0 Å². The van der Waals surface area contributed by atoms with Gasteiger partial charge in [0.15, 0.2) is 0 Å². The average Bonchev–Trinajstić information content (AvgIpc) is 3.36. The number of hydrogen-bond acceptors (Lipinski definition) is 12. The van der Waals surface area contributed by atoms with E-state index in [4.69, 9.17) is 18.9 Å². The van der Waals surface area contributed by atoms with Crippen molar-refractivity contribution in [2.24, 2.45) is 0 Å². The first-order valence-corrected chi connectivity index (χ1v) is 23.5. The summed E-state index contributed by atoms with van der Waals surface area (Å²) in [5.41, 5.74) is 6.27. The third kappa shape index (κ3) is 20.4. The van der Waals surface area contributed by atoms with Gasteiger partial charge in [0.05, 0.1) is 0 Å². The third-order valence-corrected chi connectivity index (χ3v) is 10.9. The highest BCUT2D eigenvalue weighted by atomic mass is 16.6. The lowest BCUT2D eigenvalue weighted by Crippen LogP contribution is -2.27. The van der Waals surface area contributed by atoms with Crippen molar-refractivity contribution in [3.63, 3.8) is 0 Å². The summed E-state index contributed by atoms with van der Waals surface area (Å²) in [5, 5.41) is 19.4. The van der Waals surface area contributed by atoms with E-state index in [2.05, 4.69) is 71.5 Å². The number of benzene rings is 4. The highest BCUT2D eigenvalue weighted by Gasteiger charge is 2.15. The Morgan fingerprint density at radius 3 is 1.10 bits per heavy atom. The number of rotatable bonds is 30. The third-order valence-electron chi connectivity index (χ3n) is 10.9. The molecule has 0 spiro atoms. The molecular formula is C57H64N4O8. The largest absolute Gasteiger partial charge is 0.459 e. The van der Waals surface area contributed by atoms with Gasteiger partial charge in [-0.2, -0.15) is 10.5 Å². The van der Waals surface area contributed by atoms with Crippen molar-refractivity contribution in [2.75, 3.05) is 62.4 Å². The van der Waals surface area contributed by atoms with E-state index in [-0.39, 0.29) is 48.7 Å². The Morgan fingerprint density at radius 2 is 0.783 bits per heavy atom. The molecule has 12 nitrogen and oxygen atoms in total. The number of esters is 4. The van der Waals surface area contributed by atoms with Crippen LogP contribution in [0, 0.1) is 22.7 Å². The van der Waals surface area contributed by atoms with E-state index in [1.807, 2.05) is 72.8 Å². The Kier molecular flexibility index (Phi) is 23.9. The molecule has 0 amide bonds. The van der Waals surface area contributed by atoms with Crippen LogP contribution in [0.3, 0.4) is 0 Å². The molecule has 0 aromatic heterocycles. The molecule has 0 saturated carbocycles. The summed E-state index contributed by atoms with van der Waals surface area (Å²) in [4.78, 5) is 53.2. The molecule has 4 rings (SSSR count). The van der Waals surface area contributed by atoms with Gasteiger partial charge >= 0.3 is 23.9 Å². The summed E-state index contributed by atoms with van der Waals surface area (Å²) < 4.78 is 20.2. The summed E-state index contributed by atoms with van der Waals surface area (Å²) in [6, 6.07) is 40.5. The Labute approximate surface area is 407 Å². The van der Waals surface area contributed by atoms with Gasteiger partial charge in [-0.3, -0.25) is 0 Å². The number of hydrogen-bond donors (Lipinski definition) is 0. The maximum atomic E-state index is 12.6. The van der Waals surface area contributed by atoms with E-state index in [1.165, 1.54) is 37.1 Å². The smallest absolute Gasteiger partial charge is 0.349 e. The quantitative estimate of drug-likeness (QED) is 0.0160. The molecule has 0 fully saturated rings. The second-order valence-corrected chi connectivity index (χ2v) is 16.5. The van der Waals surface area contributed by atoms with Gasteiger partial charge in [-0.25, -0.2) is 19.2 Å². The van der Waals surface area contributed by atoms with Crippen molar-refractivity contribution in [2.45, 2.75) is 71.6 Å². The second kappa shape index (κ2) is 30.6. The minimum atomic E-state index is -0.796. The lowest BCUT2D eigenvalue weighted by Gasteiger charge is -2.27.